The molecule has 1 aromatic carbocycles. The summed E-state index contributed by atoms with van der Waals surface area (Å²) in [5.74, 6) is 0. The van der Waals surface area contributed by atoms with Gasteiger partial charge in [0.25, 0.3) is 0 Å². The van der Waals surface area contributed by atoms with Crippen LogP contribution in [0.1, 0.15) is 24.4 Å². The fourth-order valence-corrected chi connectivity index (χ4v) is 2.16. The molecule has 1 rings (SSSR count). The minimum atomic E-state index is -4.25. The zero-order valence-electron chi connectivity index (χ0n) is 8.49. The Hall–Kier alpha value is -0.160. The maximum absolute atomic E-state index is 12.1. The van der Waals surface area contributed by atoms with Crippen molar-refractivity contribution in [3.05, 3.63) is 32.8 Å². The third kappa shape index (κ3) is 4.21. The van der Waals surface area contributed by atoms with E-state index in [9.17, 15) is 13.2 Å². The lowest BCUT2D eigenvalue weighted by Gasteiger charge is -2.17. The number of nitrogens with two attached hydrogens (primary N) is 1. The van der Waals surface area contributed by atoms with Crippen LogP contribution < -0.4 is 5.73 Å². The maximum atomic E-state index is 12.1. The molecule has 0 saturated heterocycles. The molecule has 96 valence electrons. The molecule has 0 aromatic heterocycles. The average Bonchev–Trinajstić information content (AvgIpc) is 2.20. The van der Waals surface area contributed by atoms with Gasteiger partial charge in [-0.1, -0.05) is 34.8 Å². The molecule has 1 atom stereocenters. The minimum absolute atomic E-state index is 0.105. The fourth-order valence-electron chi connectivity index (χ4n) is 1.35. The molecule has 1 nitrogen and oxygen atoms in total. The highest BCUT2D eigenvalue weighted by atomic mass is 35.5. The summed E-state index contributed by atoms with van der Waals surface area (Å²) < 4.78 is 36.2. The summed E-state index contributed by atoms with van der Waals surface area (Å²) >= 11 is 17.5. The summed E-state index contributed by atoms with van der Waals surface area (Å²) in [6.07, 6.45) is -5.54. The van der Waals surface area contributed by atoms with E-state index in [4.69, 9.17) is 40.5 Å². The third-order valence-electron chi connectivity index (χ3n) is 2.19. The van der Waals surface area contributed by atoms with E-state index in [2.05, 4.69) is 0 Å². The highest BCUT2D eigenvalue weighted by Gasteiger charge is 2.29. The Kier molecular flexibility index (Phi) is 4.95. The van der Waals surface area contributed by atoms with Gasteiger partial charge in [-0.05, 0) is 18.6 Å². The predicted molar refractivity (Wildman–Crippen MR) is 63.7 cm³/mol. The summed E-state index contributed by atoms with van der Waals surface area (Å²) in [4.78, 5) is 0. The van der Waals surface area contributed by atoms with Crippen molar-refractivity contribution in [2.24, 2.45) is 5.73 Å². The van der Waals surface area contributed by atoms with Gasteiger partial charge in [-0.15, -0.1) is 0 Å². The molecule has 0 aliphatic heterocycles. The largest absolute Gasteiger partial charge is 0.389 e. The molecule has 7 heteroatoms. The van der Waals surface area contributed by atoms with Gasteiger partial charge in [-0.3, -0.25) is 0 Å². The molecule has 17 heavy (non-hydrogen) atoms. The quantitative estimate of drug-likeness (QED) is 0.782. The van der Waals surface area contributed by atoms with Gasteiger partial charge >= 0.3 is 6.18 Å². The highest BCUT2D eigenvalue weighted by molar-refractivity contribution is 6.44. The lowest BCUT2D eigenvalue weighted by molar-refractivity contribution is -0.136. The van der Waals surface area contributed by atoms with Gasteiger partial charge in [0.1, 0.15) is 0 Å². The highest BCUT2D eigenvalue weighted by Crippen LogP contribution is 2.37. The Morgan fingerprint density at radius 2 is 1.65 bits per heavy atom. The van der Waals surface area contributed by atoms with Crippen LogP contribution in [0.15, 0.2) is 12.1 Å². The lowest BCUT2D eigenvalue weighted by Crippen LogP contribution is -2.16. The Labute approximate surface area is 112 Å². The van der Waals surface area contributed by atoms with Crippen LogP contribution in [0.2, 0.25) is 15.1 Å². The van der Waals surface area contributed by atoms with Gasteiger partial charge in [0.2, 0.25) is 0 Å². The molecular formula is C10H9Cl3F3N. The first kappa shape index (κ1) is 14.9. The van der Waals surface area contributed by atoms with Crippen LogP contribution in [-0.2, 0) is 0 Å². The van der Waals surface area contributed by atoms with Gasteiger partial charge in [-0.2, -0.15) is 13.2 Å². The first-order valence-corrected chi connectivity index (χ1v) is 5.81. The van der Waals surface area contributed by atoms with E-state index in [1.54, 1.807) is 0 Å². The van der Waals surface area contributed by atoms with E-state index in [1.807, 2.05) is 0 Å². The van der Waals surface area contributed by atoms with Gasteiger partial charge < -0.3 is 5.73 Å². The van der Waals surface area contributed by atoms with Crippen LogP contribution >= 0.6 is 34.8 Å². The van der Waals surface area contributed by atoms with E-state index in [0.29, 0.717) is 0 Å². The normalized spacial score (nSPS) is 13.8. The zero-order valence-corrected chi connectivity index (χ0v) is 10.8. The molecule has 0 saturated carbocycles. The third-order valence-corrected chi connectivity index (χ3v) is 3.34. The standard InChI is InChI=1S/C10H9Cl3F3N/c11-5-1-2-6(12)9(13)8(5)7(17)3-4-10(14,15)16/h1-2,7H,3-4,17H2/t7-/m1/s1. The van der Waals surface area contributed by atoms with Gasteiger partial charge in [-0.25, -0.2) is 0 Å². The van der Waals surface area contributed by atoms with E-state index in [1.165, 1.54) is 12.1 Å². The van der Waals surface area contributed by atoms with Crippen LogP contribution in [0.3, 0.4) is 0 Å². The topological polar surface area (TPSA) is 26.0 Å². The molecular weight excluding hydrogens is 297 g/mol. The van der Waals surface area contributed by atoms with Crippen molar-refractivity contribution in [1.82, 2.24) is 0 Å². The monoisotopic (exact) mass is 305 g/mol. The first-order chi connectivity index (χ1) is 7.72. The van der Waals surface area contributed by atoms with Crippen LogP contribution in [0, 0.1) is 0 Å². The second-order valence-electron chi connectivity index (χ2n) is 3.52. The molecule has 0 heterocycles. The molecule has 0 unspecified atom stereocenters. The van der Waals surface area contributed by atoms with E-state index >= 15 is 0 Å². The van der Waals surface area contributed by atoms with Crippen molar-refractivity contribution in [2.75, 3.05) is 0 Å². The Bertz CT molecular complexity index is 407. The number of hydrogen-bond acceptors (Lipinski definition) is 1. The smallest absolute Gasteiger partial charge is 0.324 e. The van der Waals surface area contributed by atoms with Gasteiger partial charge in [0.05, 0.1) is 10.0 Å². The van der Waals surface area contributed by atoms with E-state index < -0.39 is 18.6 Å². The molecule has 0 aliphatic carbocycles. The van der Waals surface area contributed by atoms with Crippen LogP contribution in [0.5, 0.6) is 0 Å². The summed E-state index contributed by atoms with van der Waals surface area (Å²) in [7, 11) is 0. The van der Waals surface area contributed by atoms with Crippen molar-refractivity contribution in [3.8, 4) is 0 Å². The molecule has 2 N–H and O–H groups in total. The van der Waals surface area contributed by atoms with E-state index in [0.717, 1.165) is 0 Å². The summed E-state index contributed by atoms with van der Waals surface area (Å²) in [5, 5.41) is 0.538. The summed E-state index contributed by atoms with van der Waals surface area (Å²) in [6, 6.07) is 2.03. The Morgan fingerprint density at radius 3 is 2.18 bits per heavy atom. The lowest BCUT2D eigenvalue weighted by atomic mass is 10.0. The maximum Gasteiger partial charge on any atom is 0.389 e. The van der Waals surface area contributed by atoms with Crippen molar-refractivity contribution >= 4 is 34.8 Å². The molecule has 0 fully saturated rings. The molecule has 0 spiro atoms. The molecule has 0 radical (unpaired) electrons. The Balaban J connectivity index is 2.89. The minimum Gasteiger partial charge on any atom is -0.324 e. The molecule has 0 aliphatic rings. The number of alkyl halides is 3. The average molecular weight is 307 g/mol. The number of hydrogen-bond donors (Lipinski definition) is 1. The predicted octanol–water partition coefficient (Wildman–Crippen LogP) is 4.99. The van der Waals surface area contributed by atoms with Gasteiger partial charge in [0, 0.05) is 23.0 Å². The van der Waals surface area contributed by atoms with Crippen LogP contribution in [0.4, 0.5) is 13.2 Å². The molecule has 0 bridgehead atoms. The van der Waals surface area contributed by atoms with Gasteiger partial charge in [0.15, 0.2) is 0 Å². The van der Waals surface area contributed by atoms with Crippen molar-refractivity contribution < 1.29 is 13.2 Å². The summed E-state index contributed by atoms with van der Waals surface area (Å²) in [5.41, 5.74) is 5.90. The SMILES string of the molecule is N[C@H](CCC(F)(F)F)c1c(Cl)ccc(Cl)c1Cl. The number of rotatable bonds is 3. The van der Waals surface area contributed by atoms with Crippen molar-refractivity contribution in [3.63, 3.8) is 0 Å². The molecule has 0 amide bonds. The first-order valence-electron chi connectivity index (χ1n) is 4.68. The van der Waals surface area contributed by atoms with E-state index in [-0.39, 0.29) is 27.1 Å². The zero-order chi connectivity index (χ0) is 13.2. The van der Waals surface area contributed by atoms with Crippen molar-refractivity contribution in [2.45, 2.75) is 25.1 Å². The Morgan fingerprint density at radius 1 is 1.12 bits per heavy atom. The number of benzene rings is 1. The fraction of sp³-hybridized carbons (Fsp3) is 0.400. The summed E-state index contributed by atoms with van der Waals surface area (Å²) in [6.45, 7) is 0. The van der Waals surface area contributed by atoms with Crippen molar-refractivity contribution in [1.29, 1.82) is 0 Å². The number of halogens is 6. The van der Waals surface area contributed by atoms with Crippen LogP contribution in [0.25, 0.3) is 0 Å². The second kappa shape index (κ2) is 5.65. The second-order valence-corrected chi connectivity index (χ2v) is 4.71. The van der Waals surface area contributed by atoms with Crippen LogP contribution in [-0.4, -0.2) is 6.18 Å². The molecule has 1 aromatic rings.